The molecule has 1 heterocycles. The first-order chi connectivity index (χ1) is 14.3. The zero-order valence-corrected chi connectivity index (χ0v) is 16.7. The fourth-order valence-corrected chi connectivity index (χ4v) is 3.29. The van der Waals surface area contributed by atoms with Gasteiger partial charge >= 0.3 is 0 Å². The number of nitrogens with zero attached hydrogens (tertiary/aromatic N) is 2. The molecule has 10 nitrogen and oxygen atoms in total. The Kier molecular flexibility index (Phi) is 5.88. The number of nitrogens with one attached hydrogen (secondary N) is 1. The van der Waals surface area contributed by atoms with Crippen LogP contribution in [0.4, 0.5) is 11.4 Å². The summed E-state index contributed by atoms with van der Waals surface area (Å²) in [6, 6.07) is 6.77. The average molecular weight is 434 g/mol. The van der Waals surface area contributed by atoms with Crippen LogP contribution in [0.15, 0.2) is 30.3 Å². The van der Waals surface area contributed by atoms with E-state index < -0.39 is 28.3 Å². The van der Waals surface area contributed by atoms with E-state index in [1.807, 2.05) is 0 Å². The van der Waals surface area contributed by atoms with Crippen molar-refractivity contribution in [2.45, 2.75) is 6.42 Å². The van der Waals surface area contributed by atoms with Crippen LogP contribution in [0, 0.1) is 10.1 Å². The molecular weight excluding hydrogens is 418 g/mol. The molecule has 0 fully saturated rings. The number of carbonyl (C=O) groups is 3. The first kappa shape index (κ1) is 21.1. The quantitative estimate of drug-likeness (QED) is 0.404. The smallest absolute Gasteiger partial charge is 0.282 e. The summed E-state index contributed by atoms with van der Waals surface area (Å²) in [4.78, 5) is 48.6. The Labute approximate surface area is 175 Å². The maximum absolute atomic E-state index is 12.5. The highest BCUT2D eigenvalue weighted by Gasteiger charge is 2.40. The molecule has 11 heteroatoms. The van der Waals surface area contributed by atoms with Crippen molar-refractivity contribution in [3.63, 3.8) is 0 Å². The number of hydrogen-bond donors (Lipinski definition) is 1. The van der Waals surface area contributed by atoms with Gasteiger partial charge in [-0.15, -0.1) is 0 Å². The third kappa shape index (κ3) is 3.77. The Morgan fingerprint density at radius 2 is 1.87 bits per heavy atom. The van der Waals surface area contributed by atoms with Gasteiger partial charge in [-0.05, 0) is 6.07 Å². The van der Waals surface area contributed by atoms with Gasteiger partial charge in [0.1, 0.15) is 17.1 Å². The number of hydrogen-bond acceptors (Lipinski definition) is 7. The van der Waals surface area contributed by atoms with Gasteiger partial charge in [-0.3, -0.25) is 29.4 Å². The monoisotopic (exact) mass is 433 g/mol. The third-order valence-electron chi connectivity index (χ3n) is 4.48. The van der Waals surface area contributed by atoms with Crippen molar-refractivity contribution >= 4 is 40.7 Å². The van der Waals surface area contributed by atoms with Crippen LogP contribution in [0.25, 0.3) is 0 Å². The van der Waals surface area contributed by atoms with Gasteiger partial charge in [0, 0.05) is 31.2 Å². The standard InChI is InChI=1S/C19H16ClN3O7/c1-29-14-9-12(15(30-2)8-11(14)20)21-16(24)6-7-22-18(25)10-4-3-5-13(23(27)28)17(10)19(22)26/h3-5,8-9H,6-7H2,1-2H3,(H,21,24). The number of fused-ring (bicyclic) bond motifs is 1. The van der Waals surface area contributed by atoms with Crippen molar-refractivity contribution in [1.29, 1.82) is 0 Å². The first-order valence-electron chi connectivity index (χ1n) is 8.63. The zero-order valence-electron chi connectivity index (χ0n) is 15.9. The van der Waals surface area contributed by atoms with Crippen LogP contribution < -0.4 is 14.8 Å². The summed E-state index contributed by atoms with van der Waals surface area (Å²) in [5.41, 5.74) is -0.478. The molecule has 0 atom stereocenters. The van der Waals surface area contributed by atoms with E-state index in [-0.39, 0.29) is 24.1 Å². The van der Waals surface area contributed by atoms with Gasteiger partial charge < -0.3 is 14.8 Å². The van der Waals surface area contributed by atoms with Crippen LogP contribution in [0.2, 0.25) is 5.02 Å². The molecule has 0 saturated carbocycles. The van der Waals surface area contributed by atoms with Gasteiger partial charge in [-0.2, -0.15) is 0 Å². The number of nitro benzene ring substituents is 1. The number of benzene rings is 2. The van der Waals surface area contributed by atoms with Crippen LogP contribution in [0.5, 0.6) is 11.5 Å². The number of carbonyl (C=O) groups excluding carboxylic acids is 3. The van der Waals surface area contributed by atoms with E-state index in [1.165, 1.54) is 38.5 Å². The molecule has 1 aliphatic heterocycles. The van der Waals surface area contributed by atoms with E-state index in [0.29, 0.717) is 22.2 Å². The van der Waals surface area contributed by atoms with Gasteiger partial charge in [0.25, 0.3) is 17.5 Å². The summed E-state index contributed by atoms with van der Waals surface area (Å²) in [6.07, 6.45) is -0.229. The molecule has 3 amide bonds. The highest BCUT2D eigenvalue weighted by Crippen LogP contribution is 2.36. The van der Waals surface area contributed by atoms with Crippen LogP contribution in [0.1, 0.15) is 27.1 Å². The van der Waals surface area contributed by atoms with Gasteiger partial charge in [0.15, 0.2) is 0 Å². The molecule has 3 rings (SSSR count). The van der Waals surface area contributed by atoms with Crippen molar-refractivity contribution < 1.29 is 28.8 Å². The van der Waals surface area contributed by atoms with Gasteiger partial charge in [-0.25, -0.2) is 0 Å². The molecule has 1 aliphatic rings. The van der Waals surface area contributed by atoms with E-state index in [0.717, 1.165) is 11.0 Å². The van der Waals surface area contributed by atoms with Crippen molar-refractivity contribution in [1.82, 2.24) is 4.90 Å². The Bertz CT molecular complexity index is 1070. The predicted octanol–water partition coefficient (Wildman–Crippen LogP) is 2.89. The lowest BCUT2D eigenvalue weighted by atomic mass is 10.1. The maximum atomic E-state index is 12.5. The van der Waals surface area contributed by atoms with Crippen LogP contribution in [-0.4, -0.2) is 48.3 Å². The molecule has 1 N–H and O–H groups in total. The Morgan fingerprint density at radius 1 is 1.17 bits per heavy atom. The lowest BCUT2D eigenvalue weighted by Crippen LogP contribution is -2.33. The lowest BCUT2D eigenvalue weighted by molar-refractivity contribution is -0.385. The number of anilines is 1. The summed E-state index contributed by atoms with van der Waals surface area (Å²) in [5, 5.41) is 14.1. The molecule has 2 aromatic rings. The van der Waals surface area contributed by atoms with Crippen molar-refractivity contribution in [2.24, 2.45) is 0 Å². The summed E-state index contributed by atoms with van der Waals surface area (Å²) >= 11 is 6.03. The summed E-state index contributed by atoms with van der Waals surface area (Å²) < 4.78 is 10.3. The molecule has 0 aromatic heterocycles. The van der Waals surface area contributed by atoms with E-state index >= 15 is 0 Å². The fraction of sp³-hybridized carbons (Fsp3) is 0.211. The Morgan fingerprint density at radius 3 is 2.50 bits per heavy atom. The van der Waals surface area contributed by atoms with E-state index in [9.17, 15) is 24.5 Å². The molecular formula is C19H16ClN3O7. The molecule has 2 aromatic carbocycles. The largest absolute Gasteiger partial charge is 0.495 e. The van der Waals surface area contributed by atoms with E-state index in [4.69, 9.17) is 21.1 Å². The number of imide groups is 1. The second kappa shape index (κ2) is 8.37. The van der Waals surface area contributed by atoms with E-state index in [1.54, 1.807) is 0 Å². The number of rotatable bonds is 7. The van der Waals surface area contributed by atoms with Gasteiger partial charge in [-0.1, -0.05) is 17.7 Å². The zero-order chi connectivity index (χ0) is 22.0. The highest BCUT2D eigenvalue weighted by atomic mass is 35.5. The number of methoxy groups -OCH3 is 2. The van der Waals surface area contributed by atoms with Crippen molar-refractivity contribution in [3.8, 4) is 11.5 Å². The molecule has 30 heavy (non-hydrogen) atoms. The van der Waals surface area contributed by atoms with Crippen molar-refractivity contribution in [3.05, 3.63) is 56.6 Å². The molecule has 0 bridgehead atoms. The lowest BCUT2D eigenvalue weighted by Gasteiger charge is -2.15. The summed E-state index contributed by atoms with van der Waals surface area (Å²) in [5.74, 6) is -1.38. The Hall–Kier alpha value is -3.66. The molecule has 0 unspecified atom stereocenters. The predicted molar refractivity (Wildman–Crippen MR) is 106 cm³/mol. The number of ether oxygens (including phenoxy) is 2. The van der Waals surface area contributed by atoms with Gasteiger partial charge in [0.2, 0.25) is 5.91 Å². The minimum atomic E-state index is -0.805. The Balaban J connectivity index is 1.73. The van der Waals surface area contributed by atoms with Crippen LogP contribution in [-0.2, 0) is 4.79 Å². The SMILES string of the molecule is COc1cc(NC(=O)CCN2C(=O)c3cccc([N+](=O)[O-])c3C2=O)c(OC)cc1Cl. The number of halogens is 1. The molecule has 0 saturated heterocycles. The normalized spacial score (nSPS) is 12.6. The minimum absolute atomic E-state index is 0.0567. The first-order valence-corrected chi connectivity index (χ1v) is 9.01. The van der Waals surface area contributed by atoms with E-state index in [2.05, 4.69) is 5.32 Å². The number of nitro groups is 1. The molecule has 156 valence electrons. The van der Waals surface area contributed by atoms with Crippen LogP contribution in [0.3, 0.4) is 0 Å². The summed E-state index contributed by atoms with van der Waals surface area (Å²) in [7, 11) is 2.82. The summed E-state index contributed by atoms with van der Waals surface area (Å²) in [6.45, 7) is -0.248. The average Bonchev–Trinajstić information content (AvgIpc) is 2.97. The second-order valence-electron chi connectivity index (χ2n) is 6.20. The van der Waals surface area contributed by atoms with Crippen molar-refractivity contribution in [2.75, 3.05) is 26.1 Å². The molecule has 0 spiro atoms. The maximum Gasteiger partial charge on any atom is 0.282 e. The fourth-order valence-electron chi connectivity index (χ4n) is 3.06. The second-order valence-corrected chi connectivity index (χ2v) is 6.61. The van der Waals surface area contributed by atoms with Crippen LogP contribution >= 0.6 is 11.6 Å². The topological polar surface area (TPSA) is 128 Å². The number of amides is 3. The third-order valence-corrected chi connectivity index (χ3v) is 4.78. The van der Waals surface area contributed by atoms with Gasteiger partial charge in [0.05, 0.1) is 35.4 Å². The molecule has 0 radical (unpaired) electrons. The molecule has 0 aliphatic carbocycles. The minimum Gasteiger partial charge on any atom is -0.495 e. The highest BCUT2D eigenvalue weighted by molar-refractivity contribution is 6.32.